The number of H-pyrrole nitrogens is 3. The molecular weight excluding hydrogens is 720 g/mol. The molecule has 4 atom stereocenters. The average molecular weight is 771 g/mol. The fourth-order valence-electron chi connectivity index (χ4n) is 7.34. The highest BCUT2D eigenvalue weighted by Gasteiger charge is 2.39. The molecule has 4 unspecified atom stereocenters. The molecule has 2 saturated heterocycles. The number of alkyl carbamates (subject to hydrolysis) is 2. The van der Waals surface area contributed by atoms with Crippen molar-refractivity contribution in [3.63, 3.8) is 0 Å². The van der Waals surface area contributed by atoms with E-state index in [0.717, 1.165) is 36.2 Å². The molecule has 17 heteroatoms. The lowest BCUT2D eigenvalue weighted by Gasteiger charge is -2.30. The molecule has 6 N–H and O–H groups in total. The van der Waals surface area contributed by atoms with Crippen molar-refractivity contribution < 1.29 is 33.4 Å². The van der Waals surface area contributed by atoms with Crippen molar-refractivity contribution in [3.8, 4) is 11.3 Å². The highest BCUT2D eigenvalue weighted by Crippen LogP contribution is 2.34. The van der Waals surface area contributed by atoms with Gasteiger partial charge in [-0.2, -0.15) is 0 Å². The van der Waals surface area contributed by atoms with Gasteiger partial charge in [0.15, 0.2) is 0 Å². The van der Waals surface area contributed by atoms with Gasteiger partial charge in [0.05, 0.1) is 50.1 Å². The van der Waals surface area contributed by atoms with E-state index in [0.29, 0.717) is 42.5 Å². The Bertz CT molecular complexity index is 2030. The van der Waals surface area contributed by atoms with Crippen molar-refractivity contribution in [2.45, 2.75) is 77.5 Å². The molecule has 6 rings (SSSR count). The topological polar surface area (TPSA) is 220 Å². The van der Waals surface area contributed by atoms with Gasteiger partial charge in [-0.05, 0) is 61.3 Å². The van der Waals surface area contributed by atoms with Crippen LogP contribution >= 0.6 is 0 Å². The monoisotopic (exact) mass is 770 g/mol. The van der Waals surface area contributed by atoms with Gasteiger partial charge in [0.2, 0.25) is 17.6 Å². The highest BCUT2D eigenvalue weighted by atomic mass is 16.5. The molecule has 2 aliphatic heterocycles. The molecule has 4 aromatic rings. The zero-order valence-electron chi connectivity index (χ0n) is 32.5. The summed E-state index contributed by atoms with van der Waals surface area (Å²) in [4.78, 5) is 86.8. The first-order valence-corrected chi connectivity index (χ1v) is 18.9. The van der Waals surface area contributed by atoms with Crippen LogP contribution in [0.15, 0.2) is 48.9 Å². The van der Waals surface area contributed by atoms with Gasteiger partial charge in [0, 0.05) is 25.0 Å². The predicted octanol–water partition coefficient (Wildman–Crippen LogP) is 5.19. The fraction of sp³-hybridized carbons (Fsp3) is 0.462. The second-order valence-electron chi connectivity index (χ2n) is 14.8. The van der Waals surface area contributed by atoms with E-state index in [1.807, 2.05) is 52.0 Å². The second-order valence-corrected chi connectivity index (χ2v) is 14.8. The summed E-state index contributed by atoms with van der Waals surface area (Å²) >= 11 is 0. The van der Waals surface area contributed by atoms with Gasteiger partial charge in [-0.1, -0.05) is 39.8 Å². The van der Waals surface area contributed by atoms with Crippen LogP contribution in [0.3, 0.4) is 0 Å². The van der Waals surface area contributed by atoms with Gasteiger partial charge in [-0.25, -0.2) is 19.6 Å². The Morgan fingerprint density at radius 3 is 1.82 bits per heavy atom. The molecule has 2 fully saturated rings. The summed E-state index contributed by atoms with van der Waals surface area (Å²) in [5, 5.41) is 8.64. The van der Waals surface area contributed by atoms with Crippen molar-refractivity contribution in [2.75, 3.05) is 32.6 Å². The molecular formula is C39H50N10O7. The van der Waals surface area contributed by atoms with Crippen LogP contribution in [0.1, 0.15) is 93.3 Å². The number of anilines is 2. The molecule has 0 spiro atoms. The number of nitrogens with zero attached hydrogens (tertiary/aromatic N) is 4. The molecule has 1 aromatic carbocycles. The molecule has 0 aliphatic carbocycles. The number of aromatic nitrogens is 5. The van der Waals surface area contributed by atoms with E-state index < -0.39 is 24.3 Å². The maximum absolute atomic E-state index is 13.7. The van der Waals surface area contributed by atoms with E-state index in [-0.39, 0.29) is 47.2 Å². The molecule has 0 radical (unpaired) electrons. The van der Waals surface area contributed by atoms with Gasteiger partial charge < -0.3 is 50.2 Å². The van der Waals surface area contributed by atoms with Crippen molar-refractivity contribution in [3.05, 3.63) is 72.0 Å². The number of rotatable bonds is 13. The minimum Gasteiger partial charge on any atom is -0.453 e. The van der Waals surface area contributed by atoms with Gasteiger partial charge in [0.1, 0.15) is 35.1 Å². The third-order valence-corrected chi connectivity index (χ3v) is 10.4. The van der Waals surface area contributed by atoms with E-state index in [1.54, 1.807) is 28.3 Å². The quantitative estimate of drug-likeness (QED) is 0.0978. The lowest BCUT2D eigenvalue weighted by Crippen LogP contribution is -2.51. The van der Waals surface area contributed by atoms with Crippen LogP contribution in [0.5, 0.6) is 0 Å². The van der Waals surface area contributed by atoms with Crippen LogP contribution in [-0.2, 0) is 19.1 Å². The third-order valence-electron chi connectivity index (χ3n) is 10.4. The fourth-order valence-corrected chi connectivity index (χ4v) is 7.34. The molecule has 3 aromatic heterocycles. The van der Waals surface area contributed by atoms with Gasteiger partial charge in [-0.3, -0.25) is 14.4 Å². The number of methoxy groups -OCH3 is 2. The number of carbonyl (C=O) groups is 5. The summed E-state index contributed by atoms with van der Waals surface area (Å²) in [5.74, 6) is 0.173. The maximum Gasteiger partial charge on any atom is 0.407 e. The first-order valence-electron chi connectivity index (χ1n) is 18.9. The number of carbonyl (C=O) groups excluding carboxylic acids is 5. The lowest BCUT2D eigenvalue weighted by atomic mass is 10.0. The van der Waals surface area contributed by atoms with Crippen molar-refractivity contribution in [2.24, 2.45) is 11.8 Å². The highest BCUT2D eigenvalue weighted by molar-refractivity contribution is 6.10. The SMILES string of the molecule is COC(=O)NC(C(=O)N1CCCC1c1ncc(C(=O)c2[nH]ccc2Nc2ccc(-c3cnc(C4CCCN4C(=O)C(NC(=O)OC)C(C)C)[nH]3)cc2)[nH]1)C(C)C. The lowest BCUT2D eigenvalue weighted by molar-refractivity contribution is -0.136. The van der Waals surface area contributed by atoms with Crippen LogP contribution < -0.4 is 16.0 Å². The molecule has 17 nitrogen and oxygen atoms in total. The van der Waals surface area contributed by atoms with Gasteiger partial charge in [-0.15, -0.1) is 0 Å². The van der Waals surface area contributed by atoms with E-state index in [9.17, 15) is 24.0 Å². The number of aromatic amines is 3. The normalized spacial score (nSPS) is 17.9. The molecule has 0 bridgehead atoms. The van der Waals surface area contributed by atoms with Gasteiger partial charge >= 0.3 is 12.2 Å². The summed E-state index contributed by atoms with van der Waals surface area (Å²) in [6, 6.07) is 7.33. The van der Waals surface area contributed by atoms with E-state index in [1.165, 1.54) is 20.4 Å². The number of nitrogens with one attached hydrogen (secondary N) is 6. The van der Waals surface area contributed by atoms with Crippen LogP contribution in [0.25, 0.3) is 11.3 Å². The first-order chi connectivity index (χ1) is 26.9. The van der Waals surface area contributed by atoms with Crippen molar-refractivity contribution >= 4 is 41.2 Å². The Labute approximate surface area is 324 Å². The number of amides is 4. The molecule has 298 valence electrons. The van der Waals surface area contributed by atoms with Crippen molar-refractivity contribution in [1.82, 2.24) is 45.4 Å². The summed E-state index contributed by atoms with van der Waals surface area (Å²) < 4.78 is 9.47. The third kappa shape index (κ3) is 8.40. The zero-order valence-corrected chi connectivity index (χ0v) is 32.5. The summed E-state index contributed by atoms with van der Waals surface area (Å²) in [6.45, 7) is 8.53. The van der Waals surface area contributed by atoms with Crippen LogP contribution in [0.4, 0.5) is 21.0 Å². The maximum atomic E-state index is 13.7. The summed E-state index contributed by atoms with van der Waals surface area (Å²) in [5.41, 5.74) is 3.59. The molecule has 4 amide bonds. The number of hydrogen-bond donors (Lipinski definition) is 6. The van der Waals surface area contributed by atoms with E-state index in [2.05, 4.69) is 40.9 Å². The van der Waals surface area contributed by atoms with Crippen LogP contribution in [-0.4, -0.2) is 104 Å². The Morgan fingerprint density at radius 2 is 1.29 bits per heavy atom. The van der Waals surface area contributed by atoms with Crippen molar-refractivity contribution in [1.29, 1.82) is 0 Å². The number of imidazole rings is 2. The number of ketones is 1. The Hall–Kier alpha value is -6.13. The molecule has 56 heavy (non-hydrogen) atoms. The van der Waals surface area contributed by atoms with Gasteiger partial charge in [0.25, 0.3) is 0 Å². The van der Waals surface area contributed by atoms with Crippen LogP contribution in [0.2, 0.25) is 0 Å². The van der Waals surface area contributed by atoms with Crippen LogP contribution in [0, 0.1) is 11.8 Å². The largest absolute Gasteiger partial charge is 0.453 e. The minimum absolute atomic E-state index is 0.129. The summed E-state index contributed by atoms with van der Waals surface area (Å²) in [6.07, 6.45) is 6.56. The van der Waals surface area contributed by atoms with E-state index in [4.69, 9.17) is 9.47 Å². The predicted molar refractivity (Wildman–Crippen MR) is 206 cm³/mol. The van der Waals surface area contributed by atoms with E-state index >= 15 is 0 Å². The first kappa shape index (κ1) is 39.6. The second kappa shape index (κ2) is 17.1. The minimum atomic E-state index is -0.764. The number of benzene rings is 1. The Kier molecular flexibility index (Phi) is 12.1. The summed E-state index contributed by atoms with van der Waals surface area (Å²) in [7, 11) is 2.53. The number of ether oxygens (including phenoxy) is 2. The zero-order chi connectivity index (χ0) is 40.1. The number of likely N-dealkylation sites (tertiary alicyclic amines) is 2. The Morgan fingerprint density at radius 1 is 0.750 bits per heavy atom. The molecule has 0 saturated carbocycles. The number of hydrogen-bond acceptors (Lipinski definition) is 10. The standard InChI is InChI=1S/C39H50N10O7/c1-21(2)30(46-38(53)55-5)36(51)48-17-7-9-28(48)34-41-19-26(44-34)23-11-13-24(14-12-23)43-25-15-16-40-32(25)33(50)27-20-42-35(45-27)29-10-8-18-49(29)37(52)31(22(3)4)47-39(54)56-6/h11-16,19-22,28-31,40,43H,7-10,17-18H2,1-6H3,(H,41,44)(H,42,45)(H,46,53)(H,47,54). The average Bonchev–Trinajstić information content (AvgIpc) is 4.04. The smallest absolute Gasteiger partial charge is 0.407 e. The molecule has 5 heterocycles. The molecule has 2 aliphatic rings. The Balaban J connectivity index is 1.10.